The fraction of sp³-hybridized carbons (Fsp3) is 0.300. The van der Waals surface area contributed by atoms with Crippen LogP contribution in [0.25, 0.3) is 0 Å². The van der Waals surface area contributed by atoms with Crippen molar-refractivity contribution in [2.45, 2.75) is 12.8 Å². The second-order valence-corrected chi connectivity index (χ2v) is 2.90. The molecule has 1 rings (SSSR count). The summed E-state index contributed by atoms with van der Waals surface area (Å²) in [6.07, 6.45) is 0. The first-order chi connectivity index (χ1) is 6.19. The molecular weight excluding hydrogens is 172 g/mol. The van der Waals surface area contributed by atoms with Crippen LogP contribution < -0.4 is 0 Å². The van der Waals surface area contributed by atoms with Crippen LogP contribution in [0.15, 0.2) is 18.2 Å². The van der Waals surface area contributed by atoms with E-state index in [4.69, 9.17) is 5.26 Å². The molecule has 3 heteroatoms. The van der Waals surface area contributed by atoms with Gasteiger partial charge in [0, 0.05) is 5.92 Å². The zero-order chi connectivity index (χ0) is 9.84. The third kappa shape index (κ3) is 2.03. The van der Waals surface area contributed by atoms with Crippen LogP contribution in [0.3, 0.4) is 0 Å². The highest BCUT2D eigenvalue weighted by Crippen LogP contribution is 2.20. The van der Waals surface area contributed by atoms with Crippen LogP contribution in [0.5, 0.6) is 0 Å². The van der Waals surface area contributed by atoms with Crippen molar-refractivity contribution < 1.29 is 8.78 Å². The lowest BCUT2D eigenvalue weighted by Gasteiger charge is -2.08. The molecular formula is C10H9F2N. The normalized spacial score (nSPS) is 12.2. The Hall–Kier alpha value is -1.43. The predicted molar refractivity (Wildman–Crippen MR) is 45.5 cm³/mol. The lowest BCUT2D eigenvalue weighted by Crippen LogP contribution is -1.99. The van der Waals surface area contributed by atoms with E-state index in [0.717, 1.165) is 0 Å². The summed E-state index contributed by atoms with van der Waals surface area (Å²) in [6, 6.07) is 5.85. The Labute approximate surface area is 75.6 Å². The molecule has 0 aliphatic heterocycles. The molecule has 1 unspecified atom stereocenters. The lowest BCUT2D eigenvalue weighted by molar-refractivity contribution is 0.437. The summed E-state index contributed by atoms with van der Waals surface area (Å²) in [6.45, 7) is 0.964. The van der Waals surface area contributed by atoms with Gasteiger partial charge in [0.05, 0.1) is 18.3 Å². The Morgan fingerprint density at radius 3 is 2.77 bits per heavy atom. The number of benzene rings is 1. The average Bonchev–Trinajstić information content (AvgIpc) is 2.17. The summed E-state index contributed by atoms with van der Waals surface area (Å²) in [5.74, 6) is -0.947. The summed E-state index contributed by atoms with van der Waals surface area (Å²) in [7, 11) is 0. The van der Waals surface area contributed by atoms with E-state index < -0.39 is 18.4 Å². The molecule has 0 heterocycles. The highest BCUT2D eigenvalue weighted by molar-refractivity contribution is 5.35. The predicted octanol–water partition coefficient (Wildman–Crippen LogP) is 2.77. The monoisotopic (exact) mass is 181 g/mol. The fourth-order valence-corrected chi connectivity index (χ4v) is 1.07. The van der Waals surface area contributed by atoms with Gasteiger partial charge >= 0.3 is 0 Å². The van der Waals surface area contributed by atoms with E-state index >= 15 is 0 Å². The van der Waals surface area contributed by atoms with E-state index in [-0.39, 0.29) is 5.56 Å². The lowest BCUT2D eigenvalue weighted by atomic mass is 10.00. The molecule has 0 fully saturated rings. The van der Waals surface area contributed by atoms with Gasteiger partial charge < -0.3 is 0 Å². The van der Waals surface area contributed by atoms with E-state index in [1.807, 2.05) is 6.07 Å². The zero-order valence-corrected chi connectivity index (χ0v) is 7.22. The van der Waals surface area contributed by atoms with Crippen LogP contribution in [0, 0.1) is 17.1 Å². The minimum absolute atomic E-state index is 0.265. The summed E-state index contributed by atoms with van der Waals surface area (Å²) >= 11 is 0. The summed E-state index contributed by atoms with van der Waals surface area (Å²) in [4.78, 5) is 0. The minimum Gasteiger partial charge on any atom is -0.250 e. The molecule has 0 aromatic heterocycles. The molecule has 0 amide bonds. The van der Waals surface area contributed by atoms with Crippen molar-refractivity contribution in [3.63, 3.8) is 0 Å². The molecule has 1 aromatic carbocycles. The first kappa shape index (κ1) is 9.66. The van der Waals surface area contributed by atoms with Crippen molar-refractivity contribution in [3.8, 4) is 6.07 Å². The number of hydrogen-bond donors (Lipinski definition) is 0. The number of alkyl halides is 1. The van der Waals surface area contributed by atoms with Gasteiger partial charge in [0.2, 0.25) is 0 Å². The maximum atomic E-state index is 13.1. The van der Waals surface area contributed by atoms with Crippen LogP contribution in [0.4, 0.5) is 8.78 Å². The maximum Gasteiger partial charge on any atom is 0.126 e. The third-order valence-electron chi connectivity index (χ3n) is 1.89. The Balaban J connectivity index is 3.12. The number of nitriles is 1. The van der Waals surface area contributed by atoms with Gasteiger partial charge in [-0.05, 0) is 23.8 Å². The van der Waals surface area contributed by atoms with Crippen molar-refractivity contribution in [2.75, 3.05) is 6.67 Å². The molecule has 0 aliphatic rings. The van der Waals surface area contributed by atoms with Gasteiger partial charge in [-0.2, -0.15) is 5.26 Å². The van der Waals surface area contributed by atoms with Gasteiger partial charge in [0.15, 0.2) is 0 Å². The van der Waals surface area contributed by atoms with Crippen LogP contribution in [-0.2, 0) is 0 Å². The zero-order valence-electron chi connectivity index (χ0n) is 7.22. The van der Waals surface area contributed by atoms with Crippen LogP contribution in [0.2, 0.25) is 0 Å². The number of nitrogens with zero attached hydrogens (tertiary/aromatic N) is 1. The summed E-state index contributed by atoms with van der Waals surface area (Å²) in [5.41, 5.74) is 0.623. The molecule has 0 aliphatic carbocycles. The molecule has 0 saturated heterocycles. The molecule has 0 spiro atoms. The molecule has 1 nitrogen and oxygen atoms in total. The van der Waals surface area contributed by atoms with Gasteiger partial charge in [-0.15, -0.1) is 0 Å². The third-order valence-corrected chi connectivity index (χ3v) is 1.89. The van der Waals surface area contributed by atoms with Gasteiger partial charge in [-0.25, -0.2) is 4.39 Å². The fourth-order valence-electron chi connectivity index (χ4n) is 1.07. The van der Waals surface area contributed by atoms with Gasteiger partial charge in [-0.1, -0.05) is 6.92 Å². The second-order valence-electron chi connectivity index (χ2n) is 2.90. The molecule has 68 valence electrons. The van der Waals surface area contributed by atoms with Crippen molar-refractivity contribution in [1.82, 2.24) is 0 Å². The number of rotatable bonds is 2. The smallest absolute Gasteiger partial charge is 0.126 e. The first-order valence-corrected chi connectivity index (χ1v) is 3.94. The molecule has 0 N–H and O–H groups in total. The first-order valence-electron chi connectivity index (χ1n) is 3.94. The van der Waals surface area contributed by atoms with Crippen LogP contribution in [0.1, 0.15) is 24.0 Å². The Morgan fingerprint density at radius 2 is 2.23 bits per heavy atom. The van der Waals surface area contributed by atoms with E-state index in [1.54, 1.807) is 6.92 Å². The van der Waals surface area contributed by atoms with Gasteiger partial charge in [0.25, 0.3) is 0 Å². The second kappa shape index (κ2) is 3.99. The largest absolute Gasteiger partial charge is 0.250 e. The van der Waals surface area contributed by atoms with Crippen LogP contribution in [-0.4, -0.2) is 6.67 Å². The quantitative estimate of drug-likeness (QED) is 0.688. The number of halogens is 2. The van der Waals surface area contributed by atoms with E-state index in [2.05, 4.69) is 0 Å². The van der Waals surface area contributed by atoms with Gasteiger partial charge in [-0.3, -0.25) is 4.39 Å². The topological polar surface area (TPSA) is 23.8 Å². The van der Waals surface area contributed by atoms with Crippen LogP contribution >= 0.6 is 0 Å². The van der Waals surface area contributed by atoms with E-state index in [9.17, 15) is 8.78 Å². The average molecular weight is 181 g/mol. The number of hydrogen-bond acceptors (Lipinski definition) is 1. The standard InChI is InChI=1S/C10H9F2N/c1-7(5-11)9-4-8(6-13)2-3-10(9)12/h2-4,7H,5H2,1H3. The minimum atomic E-state index is -0.619. The van der Waals surface area contributed by atoms with Gasteiger partial charge in [0.1, 0.15) is 5.82 Å². The molecule has 0 radical (unpaired) electrons. The Morgan fingerprint density at radius 1 is 1.54 bits per heavy atom. The maximum absolute atomic E-state index is 13.1. The molecule has 1 aromatic rings. The molecule has 13 heavy (non-hydrogen) atoms. The van der Waals surface area contributed by atoms with Crippen molar-refractivity contribution in [1.29, 1.82) is 5.26 Å². The molecule has 0 saturated carbocycles. The molecule has 1 atom stereocenters. The Bertz CT molecular complexity index is 341. The van der Waals surface area contributed by atoms with E-state index in [1.165, 1.54) is 18.2 Å². The highest BCUT2D eigenvalue weighted by atomic mass is 19.1. The summed E-state index contributed by atoms with van der Waals surface area (Å²) in [5, 5.41) is 8.54. The van der Waals surface area contributed by atoms with Crippen molar-refractivity contribution in [3.05, 3.63) is 35.1 Å². The molecule has 0 bridgehead atoms. The van der Waals surface area contributed by atoms with Crippen molar-refractivity contribution >= 4 is 0 Å². The van der Waals surface area contributed by atoms with E-state index in [0.29, 0.717) is 5.56 Å². The Kier molecular flexibility index (Phi) is 2.97. The summed E-state index contributed by atoms with van der Waals surface area (Å²) < 4.78 is 25.3. The van der Waals surface area contributed by atoms with Crippen molar-refractivity contribution in [2.24, 2.45) is 0 Å². The SMILES string of the molecule is CC(CF)c1cc(C#N)ccc1F. The highest BCUT2D eigenvalue weighted by Gasteiger charge is 2.10.